The fraction of sp³-hybridized carbons (Fsp3) is 0.217. The van der Waals surface area contributed by atoms with Gasteiger partial charge in [-0.05, 0) is 71.8 Å². The molecule has 4 rings (SSSR count). The van der Waals surface area contributed by atoms with Crippen LogP contribution >= 0.6 is 22.6 Å². The zero-order chi connectivity index (χ0) is 29.6. The summed E-state index contributed by atoms with van der Waals surface area (Å²) in [5, 5.41) is 12.7. The number of amides is 2. The van der Waals surface area contributed by atoms with E-state index in [1.54, 1.807) is 32.0 Å². The molecule has 17 heteroatoms. The van der Waals surface area contributed by atoms with E-state index in [0.717, 1.165) is 10.7 Å². The number of hydrogen-bond donors (Lipinski definition) is 2. The van der Waals surface area contributed by atoms with Gasteiger partial charge >= 0.3 is 12.4 Å². The minimum Gasteiger partial charge on any atom is -0.366 e. The third-order valence-electron chi connectivity index (χ3n) is 5.47. The first-order valence-electron chi connectivity index (χ1n) is 11.1. The van der Waals surface area contributed by atoms with E-state index in [1.165, 1.54) is 12.3 Å². The van der Waals surface area contributed by atoms with Gasteiger partial charge in [0.15, 0.2) is 17.2 Å². The van der Waals surface area contributed by atoms with Crippen molar-refractivity contribution in [1.82, 2.24) is 29.8 Å². The molecule has 3 heterocycles. The van der Waals surface area contributed by atoms with Gasteiger partial charge in [0.1, 0.15) is 12.2 Å². The van der Waals surface area contributed by atoms with E-state index in [2.05, 4.69) is 25.6 Å². The number of alkyl halides is 6. The molecule has 0 aliphatic carbocycles. The Kier molecular flexibility index (Phi) is 7.61. The second-order valence-electron chi connectivity index (χ2n) is 8.46. The molecular formula is C23H17F6IN8O2. The van der Waals surface area contributed by atoms with Gasteiger partial charge in [-0.25, -0.2) is 9.67 Å². The van der Waals surface area contributed by atoms with Crippen molar-refractivity contribution in [3.8, 4) is 5.82 Å². The van der Waals surface area contributed by atoms with Gasteiger partial charge in [0.2, 0.25) is 0 Å². The molecule has 0 radical (unpaired) electrons. The van der Waals surface area contributed by atoms with Gasteiger partial charge in [0.25, 0.3) is 11.8 Å². The molecule has 4 aromatic rings. The van der Waals surface area contributed by atoms with Crippen LogP contribution in [0.1, 0.15) is 49.1 Å². The van der Waals surface area contributed by atoms with Crippen molar-refractivity contribution >= 4 is 40.1 Å². The fourth-order valence-electron chi connectivity index (χ4n) is 3.76. The van der Waals surface area contributed by atoms with Crippen molar-refractivity contribution in [3.05, 3.63) is 79.6 Å². The van der Waals surface area contributed by atoms with Crippen LogP contribution in [0.5, 0.6) is 0 Å². The Labute approximate surface area is 234 Å². The highest BCUT2D eigenvalue weighted by molar-refractivity contribution is 14.1. The Hall–Kier alpha value is -4.03. The monoisotopic (exact) mass is 678 g/mol. The molecule has 3 aromatic heterocycles. The minimum atomic E-state index is -5.41. The van der Waals surface area contributed by atoms with Crippen molar-refractivity contribution in [1.29, 1.82) is 0 Å². The summed E-state index contributed by atoms with van der Waals surface area (Å²) >= 11 is 1.97. The molecule has 0 fully saturated rings. The van der Waals surface area contributed by atoms with Gasteiger partial charge in [-0.3, -0.25) is 9.59 Å². The van der Waals surface area contributed by atoms with E-state index in [1.807, 2.05) is 22.6 Å². The first-order valence-corrected chi connectivity index (χ1v) is 12.2. The number of aromatic nitrogens is 6. The quantitative estimate of drug-likeness (QED) is 0.228. The lowest BCUT2D eigenvalue weighted by atomic mass is 10.1. The number of carbonyl (C=O) groups is 2. The van der Waals surface area contributed by atoms with Gasteiger partial charge in [0, 0.05) is 9.77 Å². The topological polar surface area (TPSA) is 134 Å². The minimum absolute atomic E-state index is 0.0261. The van der Waals surface area contributed by atoms with Crippen LogP contribution in [-0.2, 0) is 18.9 Å². The molecule has 3 N–H and O–H groups in total. The molecule has 1 aromatic carbocycles. The Balaban J connectivity index is 1.79. The standard InChI is InChI=1S/C23H17F6IN8O2/c1-10-4-3-5-32-20(10)38-15(21(40)33-16-11(2)6-12(30)7-14(16)19(31)39)8-13(34-38)9-37-35-17(22(24,25)26)18(36-37)23(27,28)29/h3-8H,9H2,1-2H3,(H2,31,39)(H,33,40). The molecule has 40 heavy (non-hydrogen) atoms. The van der Waals surface area contributed by atoms with E-state index in [4.69, 9.17) is 5.73 Å². The highest BCUT2D eigenvalue weighted by atomic mass is 127. The summed E-state index contributed by atoms with van der Waals surface area (Å²) in [6.07, 6.45) is -9.43. The molecule has 0 bridgehead atoms. The van der Waals surface area contributed by atoms with Crippen molar-refractivity contribution in [2.24, 2.45) is 5.73 Å². The number of anilines is 1. The largest absolute Gasteiger partial charge is 0.437 e. The average molecular weight is 678 g/mol. The van der Waals surface area contributed by atoms with Crippen molar-refractivity contribution in [3.63, 3.8) is 0 Å². The lowest BCUT2D eigenvalue weighted by Crippen LogP contribution is -2.22. The number of primary amides is 1. The second kappa shape index (κ2) is 10.5. The van der Waals surface area contributed by atoms with Crippen LogP contribution < -0.4 is 11.1 Å². The smallest absolute Gasteiger partial charge is 0.366 e. The summed E-state index contributed by atoms with van der Waals surface area (Å²) in [4.78, 5) is 29.8. The highest BCUT2D eigenvalue weighted by Crippen LogP contribution is 2.38. The van der Waals surface area contributed by atoms with E-state index in [9.17, 15) is 35.9 Å². The molecule has 210 valence electrons. The number of carbonyl (C=O) groups excluding carboxylic acids is 2. The van der Waals surface area contributed by atoms with Gasteiger partial charge < -0.3 is 11.1 Å². The highest BCUT2D eigenvalue weighted by Gasteiger charge is 2.48. The maximum absolute atomic E-state index is 13.4. The number of nitrogens with two attached hydrogens (primary N) is 1. The Morgan fingerprint density at radius 1 is 0.975 bits per heavy atom. The number of pyridine rings is 1. The molecule has 0 saturated heterocycles. The molecule has 0 saturated carbocycles. The van der Waals surface area contributed by atoms with Gasteiger partial charge in [-0.1, -0.05) is 6.07 Å². The number of nitrogens with zero attached hydrogens (tertiary/aromatic N) is 6. The molecule has 0 unspecified atom stereocenters. The molecule has 0 spiro atoms. The van der Waals surface area contributed by atoms with E-state index in [0.29, 0.717) is 14.7 Å². The average Bonchev–Trinajstić information content (AvgIpc) is 3.46. The first kappa shape index (κ1) is 29.0. The number of rotatable bonds is 6. The summed E-state index contributed by atoms with van der Waals surface area (Å²) in [6, 6.07) is 7.56. The van der Waals surface area contributed by atoms with Crippen LogP contribution in [0.3, 0.4) is 0 Å². The third-order valence-corrected chi connectivity index (χ3v) is 6.10. The summed E-state index contributed by atoms with van der Waals surface area (Å²) in [7, 11) is 0. The lowest BCUT2D eigenvalue weighted by molar-refractivity contribution is -0.165. The zero-order valence-corrected chi connectivity index (χ0v) is 22.6. The zero-order valence-electron chi connectivity index (χ0n) is 20.4. The SMILES string of the molecule is Cc1cccnc1-n1nc(Cn2nc(C(F)(F)F)c(C(F)(F)F)n2)cc1C(=O)Nc1c(C)cc(I)cc1C(N)=O. The Bertz CT molecular complexity index is 1590. The van der Waals surface area contributed by atoms with Crippen LogP contribution in [0, 0.1) is 17.4 Å². The molecule has 0 aliphatic rings. The predicted molar refractivity (Wildman–Crippen MR) is 136 cm³/mol. The Morgan fingerprint density at radius 3 is 2.15 bits per heavy atom. The Morgan fingerprint density at radius 2 is 1.60 bits per heavy atom. The normalized spacial score (nSPS) is 12.0. The molecular weight excluding hydrogens is 661 g/mol. The summed E-state index contributed by atoms with van der Waals surface area (Å²) in [5.41, 5.74) is 1.92. The molecule has 2 amide bonds. The van der Waals surface area contributed by atoms with Crippen LogP contribution in [0.15, 0.2) is 36.5 Å². The fourth-order valence-corrected chi connectivity index (χ4v) is 4.53. The number of nitrogens with one attached hydrogen (secondary N) is 1. The summed E-state index contributed by atoms with van der Waals surface area (Å²) in [6.45, 7) is 2.54. The van der Waals surface area contributed by atoms with Crippen LogP contribution in [0.2, 0.25) is 0 Å². The third kappa shape index (κ3) is 5.92. The van der Waals surface area contributed by atoms with E-state index in [-0.39, 0.29) is 33.3 Å². The van der Waals surface area contributed by atoms with Crippen LogP contribution in [0.4, 0.5) is 32.0 Å². The number of benzene rings is 1. The maximum atomic E-state index is 13.4. The number of hydrogen-bond acceptors (Lipinski definition) is 6. The van der Waals surface area contributed by atoms with E-state index >= 15 is 0 Å². The molecule has 0 atom stereocenters. The molecule has 10 nitrogen and oxygen atoms in total. The van der Waals surface area contributed by atoms with Gasteiger partial charge in [-0.15, -0.1) is 10.2 Å². The summed E-state index contributed by atoms with van der Waals surface area (Å²) < 4.78 is 80.9. The van der Waals surface area contributed by atoms with E-state index < -0.39 is 42.1 Å². The van der Waals surface area contributed by atoms with Gasteiger partial charge in [-0.2, -0.15) is 36.2 Å². The summed E-state index contributed by atoms with van der Waals surface area (Å²) in [5.74, 6) is -1.46. The predicted octanol–water partition coefficient (Wildman–Crippen LogP) is 4.52. The van der Waals surface area contributed by atoms with Crippen molar-refractivity contribution < 1.29 is 35.9 Å². The molecule has 0 aliphatic heterocycles. The number of aryl methyl sites for hydroxylation is 2. The number of halogens is 7. The van der Waals surface area contributed by atoms with Crippen LogP contribution in [-0.4, -0.2) is 41.6 Å². The first-order chi connectivity index (χ1) is 18.6. The maximum Gasteiger partial charge on any atom is 0.437 e. The van der Waals surface area contributed by atoms with Gasteiger partial charge in [0.05, 0.1) is 16.9 Å². The van der Waals surface area contributed by atoms with Crippen LogP contribution in [0.25, 0.3) is 5.82 Å². The van der Waals surface area contributed by atoms with Crippen molar-refractivity contribution in [2.75, 3.05) is 5.32 Å². The lowest BCUT2D eigenvalue weighted by Gasteiger charge is -2.14. The van der Waals surface area contributed by atoms with Crippen molar-refractivity contribution in [2.45, 2.75) is 32.7 Å². The second-order valence-corrected chi connectivity index (χ2v) is 9.71.